The van der Waals surface area contributed by atoms with Crippen LogP contribution in [0.2, 0.25) is 0 Å². The van der Waals surface area contributed by atoms with E-state index in [9.17, 15) is 12.8 Å². The second kappa shape index (κ2) is 6.52. The van der Waals surface area contributed by atoms with Crippen molar-refractivity contribution in [3.05, 3.63) is 29.6 Å². The van der Waals surface area contributed by atoms with Crippen molar-refractivity contribution in [1.82, 2.24) is 9.62 Å². The van der Waals surface area contributed by atoms with Crippen LogP contribution in [0, 0.1) is 23.1 Å². The maximum atomic E-state index is 13.2. The Bertz CT molecular complexity index is 655. The molecule has 0 aliphatic carbocycles. The lowest BCUT2D eigenvalue weighted by Gasteiger charge is -2.29. The maximum Gasteiger partial charge on any atom is 0.240 e. The molecule has 7 heteroatoms. The summed E-state index contributed by atoms with van der Waals surface area (Å²) >= 11 is 0. The number of sulfonamides is 1. The van der Waals surface area contributed by atoms with Crippen molar-refractivity contribution in [3.8, 4) is 6.07 Å². The topological polar surface area (TPSA) is 73.2 Å². The highest BCUT2D eigenvalue weighted by Crippen LogP contribution is 2.17. The highest BCUT2D eigenvalue weighted by molar-refractivity contribution is 7.89. The average molecular weight is 311 g/mol. The van der Waals surface area contributed by atoms with Gasteiger partial charge in [-0.3, -0.25) is 0 Å². The molecule has 2 rings (SSSR count). The van der Waals surface area contributed by atoms with Crippen LogP contribution in [0.15, 0.2) is 23.1 Å². The molecule has 0 radical (unpaired) electrons. The molecular weight excluding hydrogens is 293 g/mol. The number of piperidine rings is 1. The summed E-state index contributed by atoms with van der Waals surface area (Å²) in [4.78, 5) is 2.10. The standard InChI is InChI=1S/C14H18FN3O2S/c1-18-6-2-3-11(10-18)9-17-21(19,20)13-4-5-14(15)12(7-13)8-16/h4-5,7,11,17H,2-3,6,9-10H2,1H3. The molecule has 1 aliphatic rings. The molecular formula is C14H18FN3O2S. The molecule has 1 heterocycles. The molecule has 0 aromatic heterocycles. The van der Waals surface area contributed by atoms with Gasteiger partial charge in [0, 0.05) is 13.1 Å². The van der Waals surface area contributed by atoms with Crippen LogP contribution >= 0.6 is 0 Å². The van der Waals surface area contributed by atoms with Crippen LogP contribution in [-0.2, 0) is 10.0 Å². The van der Waals surface area contributed by atoms with Gasteiger partial charge in [-0.15, -0.1) is 0 Å². The first-order valence-corrected chi connectivity index (χ1v) is 8.28. The SMILES string of the molecule is CN1CCCC(CNS(=O)(=O)c2ccc(F)c(C#N)c2)C1. The fraction of sp³-hybridized carbons (Fsp3) is 0.500. The van der Waals surface area contributed by atoms with Crippen molar-refractivity contribution in [2.45, 2.75) is 17.7 Å². The van der Waals surface area contributed by atoms with Gasteiger partial charge in [0.05, 0.1) is 10.5 Å². The molecule has 1 atom stereocenters. The van der Waals surface area contributed by atoms with Crippen LogP contribution in [0.1, 0.15) is 18.4 Å². The van der Waals surface area contributed by atoms with E-state index in [0.717, 1.165) is 38.1 Å². The summed E-state index contributed by atoms with van der Waals surface area (Å²) in [6, 6.07) is 4.88. The molecule has 0 bridgehead atoms. The number of nitriles is 1. The summed E-state index contributed by atoms with van der Waals surface area (Å²) in [6.45, 7) is 2.24. The first-order valence-electron chi connectivity index (χ1n) is 6.80. The van der Waals surface area contributed by atoms with E-state index in [1.54, 1.807) is 6.07 Å². The molecule has 114 valence electrons. The second-order valence-electron chi connectivity index (χ2n) is 5.38. The Morgan fingerprint density at radius 1 is 1.52 bits per heavy atom. The third-order valence-corrected chi connectivity index (χ3v) is 5.07. The quantitative estimate of drug-likeness (QED) is 0.910. The van der Waals surface area contributed by atoms with Crippen molar-refractivity contribution >= 4 is 10.0 Å². The maximum absolute atomic E-state index is 13.2. The normalized spacial score (nSPS) is 20.1. The van der Waals surface area contributed by atoms with Crippen LogP contribution in [0.4, 0.5) is 4.39 Å². The predicted octanol–water partition coefficient (Wildman–Crippen LogP) is 1.32. The van der Waals surface area contributed by atoms with Gasteiger partial charge in [0.25, 0.3) is 0 Å². The van der Waals surface area contributed by atoms with Gasteiger partial charge in [-0.2, -0.15) is 5.26 Å². The number of rotatable bonds is 4. The van der Waals surface area contributed by atoms with Gasteiger partial charge in [0.2, 0.25) is 10.0 Å². The van der Waals surface area contributed by atoms with Gasteiger partial charge < -0.3 is 4.90 Å². The number of benzene rings is 1. The van der Waals surface area contributed by atoms with E-state index in [2.05, 4.69) is 9.62 Å². The van der Waals surface area contributed by atoms with E-state index >= 15 is 0 Å². The molecule has 1 N–H and O–H groups in total. The lowest BCUT2D eigenvalue weighted by molar-refractivity contribution is 0.211. The Balaban J connectivity index is 2.06. The minimum Gasteiger partial charge on any atom is -0.306 e. The number of hydrogen-bond donors (Lipinski definition) is 1. The molecule has 1 fully saturated rings. The molecule has 0 amide bonds. The summed E-state index contributed by atoms with van der Waals surface area (Å²) in [5.41, 5.74) is -0.268. The van der Waals surface area contributed by atoms with E-state index in [0.29, 0.717) is 6.54 Å². The molecule has 1 aromatic rings. The van der Waals surface area contributed by atoms with Crippen molar-refractivity contribution in [1.29, 1.82) is 5.26 Å². The second-order valence-corrected chi connectivity index (χ2v) is 7.14. The summed E-state index contributed by atoms with van der Waals surface area (Å²) in [6.07, 6.45) is 2.04. The van der Waals surface area contributed by atoms with Crippen molar-refractivity contribution in [2.24, 2.45) is 5.92 Å². The van der Waals surface area contributed by atoms with Crippen molar-refractivity contribution < 1.29 is 12.8 Å². The van der Waals surface area contributed by atoms with Crippen LogP contribution in [-0.4, -0.2) is 40.0 Å². The predicted molar refractivity (Wildman–Crippen MR) is 76.5 cm³/mol. The van der Waals surface area contributed by atoms with Gasteiger partial charge in [0.1, 0.15) is 11.9 Å². The van der Waals surface area contributed by atoms with Crippen LogP contribution in [0.3, 0.4) is 0 Å². The van der Waals surface area contributed by atoms with E-state index in [1.807, 2.05) is 7.05 Å². The highest BCUT2D eigenvalue weighted by Gasteiger charge is 2.21. The fourth-order valence-corrected chi connectivity index (χ4v) is 3.65. The third kappa shape index (κ3) is 4.00. The van der Waals surface area contributed by atoms with E-state index in [4.69, 9.17) is 5.26 Å². The first-order chi connectivity index (χ1) is 9.92. The average Bonchev–Trinajstić information content (AvgIpc) is 2.46. The Labute approximate surface area is 124 Å². The number of nitrogens with one attached hydrogen (secondary N) is 1. The molecule has 21 heavy (non-hydrogen) atoms. The fourth-order valence-electron chi connectivity index (χ4n) is 2.51. The Kier molecular flexibility index (Phi) is 4.93. The molecule has 5 nitrogen and oxygen atoms in total. The Morgan fingerprint density at radius 2 is 2.29 bits per heavy atom. The van der Waals surface area contributed by atoms with Gasteiger partial charge >= 0.3 is 0 Å². The summed E-state index contributed by atoms with van der Waals surface area (Å²) in [5.74, 6) is -0.445. The number of hydrogen-bond acceptors (Lipinski definition) is 4. The van der Waals surface area contributed by atoms with Gasteiger partial charge in [-0.05, 0) is 50.6 Å². The zero-order valence-electron chi connectivity index (χ0n) is 11.8. The van der Waals surface area contributed by atoms with E-state index < -0.39 is 15.8 Å². The number of likely N-dealkylation sites (tertiary alicyclic amines) is 1. The van der Waals surface area contributed by atoms with Crippen LogP contribution in [0.25, 0.3) is 0 Å². The monoisotopic (exact) mass is 311 g/mol. The molecule has 1 aliphatic heterocycles. The molecule has 1 saturated heterocycles. The van der Waals surface area contributed by atoms with Crippen LogP contribution in [0.5, 0.6) is 0 Å². The smallest absolute Gasteiger partial charge is 0.240 e. The third-order valence-electron chi connectivity index (χ3n) is 3.65. The highest BCUT2D eigenvalue weighted by atomic mass is 32.2. The minimum absolute atomic E-state index is 0.0791. The Hall–Kier alpha value is -1.49. The van der Waals surface area contributed by atoms with E-state index in [-0.39, 0.29) is 16.4 Å². The summed E-state index contributed by atoms with van der Waals surface area (Å²) in [7, 11) is -1.70. The Morgan fingerprint density at radius 3 is 2.95 bits per heavy atom. The van der Waals surface area contributed by atoms with Gasteiger partial charge in [-0.1, -0.05) is 0 Å². The zero-order valence-corrected chi connectivity index (χ0v) is 12.7. The van der Waals surface area contributed by atoms with Gasteiger partial charge in [0.15, 0.2) is 0 Å². The molecule has 1 aromatic carbocycles. The molecule has 0 spiro atoms. The summed E-state index contributed by atoms with van der Waals surface area (Å²) < 4.78 is 40.1. The lowest BCUT2D eigenvalue weighted by atomic mass is 9.99. The van der Waals surface area contributed by atoms with Crippen molar-refractivity contribution in [3.63, 3.8) is 0 Å². The molecule has 1 unspecified atom stereocenters. The summed E-state index contributed by atoms with van der Waals surface area (Å²) in [5, 5.41) is 8.76. The zero-order chi connectivity index (χ0) is 15.5. The largest absolute Gasteiger partial charge is 0.306 e. The van der Waals surface area contributed by atoms with Crippen molar-refractivity contribution in [2.75, 3.05) is 26.7 Å². The number of nitrogens with zero attached hydrogens (tertiary/aromatic N) is 2. The van der Waals surface area contributed by atoms with E-state index in [1.165, 1.54) is 6.07 Å². The number of halogens is 1. The first kappa shape index (κ1) is 15.9. The van der Waals surface area contributed by atoms with Gasteiger partial charge in [-0.25, -0.2) is 17.5 Å². The lowest BCUT2D eigenvalue weighted by Crippen LogP contribution is -2.39. The molecule has 0 saturated carbocycles. The van der Waals surface area contributed by atoms with Crippen LogP contribution < -0.4 is 4.72 Å². The minimum atomic E-state index is -3.71.